The maximum atomic E-state index is 12.4. The molecule has 0 saturated carbocycles. The number of carbonyl (C=O) groups is 2. The number of urea groups is 1. The number of thioether (sulfide) groups is 1. The summed E-state index contributed by atoms with van der Waals surface area (Å²) in [5, 5.41) is 9.13. The highest BCUT2D eigenvalue weighted by atomic mass is 32.2. The van der Waals surface area contributed by atoms with Gasteiger partial charge in [0.2, 0.25) is 0 Å². The number of hydrogen-bond acceptors (Lipinski definition) is 3. The van der Waals surface area contributed by atoms with Crippen molar-refractivity contribution < 1.29 is 14.7 Å². The van der Waals surface area contributed by atoms with Crippen LogP contribution < -0.4 is 4.90 Å². The van der Waals surface area contributed by atoms with Gasteiger partial charge in [-0.25, -0.2) is 9.59 Å². The molecule has 1 atom stereocenters. The van der Waals surface area contributed by atoms with Crippen LogP contribution in [0.1, 0.15) is 12.5 Å². The maximum Gasteiger partial charge on any atom is 0.327 e. The van der Waals surface area contributed by atoms with Crippen molar-refractivity contribution in [3.05, 3.63) is 29.8 Å². The van der Waals surface area contributed by atoms with E-state index in [4.69, 9.17) is 5.11 Å². The van der Waals surface area contributed by atoms with Crippen molar-refractivity contribution in [3.8, 4) is 0 Å². The predicted octanol–water partition coefficient (Wildman–Crippen LogP) is 2.26. The van der Waals surface area contributed by atoms with E-state index < -0.39 is 12.0 Å². The molecule has 1 unspecified atom stereocenters. The SMILES string of the molecule is CCc1ccc(N(C)C(=O)N2CSCC2C(=O)O)cc1. The Balaban J connectivity index is 2.13. The first-order valence-electron chi connectivity index (χ1n) is 6.48. The fourth-order valence-corrected chi connectivity index (χ4v) is 3.23. The Bertz CT molecular complexity index is 504. The molecule has 1 heterocycles. The number of aryl methyl sites for hydroxylation is 1. The number of hydrogen-bond donors (Lipinski definition) is 1. The van der Waals surface area contributed by atoms with Gasteiger partial charge >= 0.3 is 12.0 Å². The molecule has 1 aromatic carbocycles. The molecular weight excluding hydrogens is 276 g/mol. The van der Waals surface area contributed by atoms with Crippen molar-refractivity contribution in [2.24, 2.45) is 0 Å². The van der Waals surface area contributed by atoms with Crippen molar-refractivity contribution in [1.82, 2.24) is 4.90 Å². The van der Waals surface area contributed by atoms with E-state index in [0.29, 0.717) is 11.6 Å². The number of carboxylic acids is 1. The quantitative estimate of drug-likeness (QED) is 0.929. The van der Waals surface area contributed by atoms with Gasteiger partial charge in [0, 0.05) is 18.5 Å². The molecule has 1 fully saturated rings. The summed E-state index contributed by atoms with van der Waals surface area (Å²) in [4.78, 5) is 26.4. The van der Waals surface area contributed by atoms with E-state index in [0.717, 1.165) is 12.1 Å². The molecule has 108 valence electrons. The largest absolute Gasteiger partial charge is 0.480 e. The molecule has 0 bridgehead atoms. The third-order valence-electron chi connectivity index (χ3n) is 3.43. The lowest BCUT2D eigenvalue weighted by atomic mass is 10.1. The summed E-state index contributed by atoms with van der Waals surface area (Å²) in [6.45, 7) is 2.07. The summed E-state index contributed by atoms with van der Waals surface area (Å²) in [7, 11) is 1.67. The summed E-state index contributed by atoms with van der Waals surface area (Å²) in [5.74, 6) is -0.0743. The van der Waals surface area contributed by atoms with Gasteiger partial charge in [0.05, 0.1) is 5.88 Å². The molecule has 2 rings (SSSR count). The van der Waals surface area contributed by atoms with E-state index in [9.17, 15) is 9.59 Å². The van der Waals surface area contributed by atoms with Gasteiger partial charge < -0.3 is 10.0 Å². The minimum Gasteiger partial charge on any atom is -0.480 e. The first-order chi connectivity index (χ1) is 9.54. The zero-order chi connectivity index (χ0) is 14.7. The lowest BCUT2D eigenvalue weighted by Gasteiger charge is -2.27. The molecule has 0 aliphatic carbocycles. The third kappa shape index (κ3) is 2.90. The molecule has 2 amide bonds. The van der Waals surface area contributed by atoms with Crippen molar-refractivity contribution in [1.29, 1.82) is 0 Å². The highest BCUT2D eigenvalue weighted by Crippen LogP contribution is 2.24. The second kappa shape index (κ2) is 6.17. The molecule has 1 aliphatic heterocycles. The summed E-state index contributed by atoms with van der Waals surface area (Å²) in [6.07, 6.45) is 0.946. The van der Waals surface area contributed by atoms with Crippen LogP contribution in [0.3, 0.4) is 0 Å². The Morgan fingerprint density at radius 1 is 1.40 bits per heavy atom. The first kappa shape index (κ1) is 14.7. The van der Waals surface area contributed by atoms with Crippen LogP contribution in [0.15, 0.2) is 24.3 Å². The van der Waals surface area contributed by atoms with Gasteiger partial charge in [-0.3, -0.25) is 4.90 Å². The molecule has 0 aromatic heterocycles. The van der Waals surface area contributed by atoms with E-state index in [1.807, 2.05) is 24.3 Å². The van der Waals surface area contributed by atoms with Crippen LogP contribution in [-0.2, 0) is 11.2 Å². The minimum atomic E-state index is -0.946. The van der Waals surface area contributed by atoms with Crippen LogP contribution >= 0.6 is 11.8 Å². The number of anilines is 1. The average molecular weight is 294 g/mol. The van der Waals surface area contributed by atoms with Crippen molar-refractivity contribution in [2.75, 3.05) is 23.6 Å². The van der Waals surface area contributed by atoms with Crippen LogP contribution in [0.4, 0.5) is 10.5 Å². The molecule has 1 aromatic rings. The van der Waals surface area contributed by atoms with Gasteiger partial charge in [-0.05, 0) is 24.1 Å². The summed E-state index contributed by atoms with van der Waals surface area (Å²) >= 11 is 1.46. The minimum absolute atomic E-state index is 0.272. The van der Waals surface area contributed by atoms with Gasteiger partial charge in [0.1, 0.15) is 6.04 Å². The maximum absolute atomic E-state index is 12.4. The number of rotatable bonds is 3. The number of nitrogens with zero attached hydrogens (tertiary/aromatic N) is 2. The molecule has 1 saturated heterocycles. The lowest BCUT2D eigenvalue weighted by Crippen LogP contribution is -2.47. The van der Waals surface area contributed by atoms with E-state index in [-0.39, 0.29) is 6.03 Å². The van der Waals surface area contributed by atoms with Crippen LogP contribution in [0, 0.1) is 0 Å². The van der Waals surface area contributed by atoms with E-state index in [2.05, 4.69) is 6.92 Å². The predicted molar refractivity (Wildman–Crippen MR) is 80.2 cm³/mol. The summed E-state index contributed by atoms with van der Waals surface area (Å²) in [5.41, 5.74) is 1.97. The van der Waals surface area contributed by atoms with Crippen LogP contribution in [0.2, 0.25) is 0 Å². The molecule has 0 radical (unpaired) electrons. The highest BCUT2D eigenvalue weighted by Gasteiger charge is 2.36. The lowest BCUT2D eigenvalue weighted by molar-refractivity contribution is -0.140. The zero-order valence-electron chi connectivity index (χ0n) is 11.6. The van der Waals surface area contributed by atoms with Gasteiger partial charge in [-0.15, -0.1) is 11.8 Å². The summed E-state index contributed by atoms with van der Waals surface area (Å²) in [6, 6.07) is 6.72. The number of benzene rings is 1. The van der Waals surface area contributed by atoms with Crippen LogP contribution in [-0.4, -0.2) is 46.7 Å². The second-order valence-corrected chi connectivity index (χ2v) is 5.69. The Kier molecular flexibility index (Phi) is 4.54. The topological polar surface area (TPSA) is 60.9 Å². The Morgan fingerprint density at radius 2 is 2.05 bits per heavy atom. The van der Waals surface area contributed by atoms with Crippen molar-refractivity contribution in [2.45, 2.75) is 19.4 Å². The molecular formula is C14H18N2O3S. The fraction of sp³-hybridized carbons (Fsp3) is 0.429. The van der Waals surface area contributed by atoms with Gasteiger partial charge in [-0.1, -0.05) is 19.1 Å². The number of aliphatic carboxylic acids is 1. The molecule has 0 spiro atoms. The zero-order valence-corrected chi connectivity index (χ0v) is 12.4. The second-order valence-electron chi connectivity index (χ2n) is 4.69. The van der Waals surface area contributed by atoms with E-state index in [1.165, 1.54) is 27.1 Å². The van der Waals surface area contributed by atoms with Crippen LogP contribution in [0.25, 0.3) is 0 Å². The summed E-state index contributed by atoms with van der Waals surface area (Å²) < 4.78 is 0. The van der Waals surface area contributed by atoms with Crippen LogP contribution in [0.5, 0.6) is 0 Å². The Labute approximate surface area is 122 Å². The standard InChI is InChI=1S/C14H18N2O3S/c1-3-10-4-6-11(7-5-10)15(2)14(19)16-9-20-8-12(16)13(17)18/h4-7,12H,3,8-9H2,1-2H3,(H,17,18). The number of carbonyl (C=O) groups excluding carboxylic acids is 1. The smallest absolute Gasteiger partial charge is 0.327 e. The highest BCUT2D eigenvalue weighted by molar-refractivity contribution is 7.99. The Morgan fingerprint density at radius 3 is 2.60 bits per heavy atom. The van der Waals surface area contributed by atoms with E-state index >= 15 is 0 Å². The van der Waals surface area contributed by atoms with Gasteiger partial charge in [-0.2, -0.15) is 0 Å². The monoisotopic (exact) mass is 294 g/mol. The molecule has 1 aliphatic rings. The molecule has 5 nitrogen and oxygen atoms in total. The molecule has 6 heteroatoms. The van der Waals surface area contributed by atoms with Gasteiger partial charge in [0.25, 0.3) is 0 Å². The molecule has 1 N–H and O–H groups in total. The Hall–Kier alpha value is -1.69. The van der Waals surface area contributed by atoms with Crippen molar-refractivity contribution >= 4 is 29.4 Å². The van der Waals surface area contributed by atoms with Gasteiger partial charge in [0.15, 0.2) is 0 Å². The number of carboxylic acid groups (broad SMARTS) is 1. The van der Waals surface area contributed by atoms with Crippen molar-refractivity contribution in [3.63, 3.8) is 0 Å². The normalized spacial score (nSPS) is 18.1. The first-order valence-corrected chi connectivity index (χ1v) is 7.64. The third-order valence-corrected chi connectivity index (χ3v) is 4.44. The number of amides is 2. The average Bonchev–Trinajstić information content (AvgIpc) is 2.95. The fourth-order valence-electron chi connectivity index (χ4n) is 2.09. The molecule has 20 heavy (non-hydrogen) atoms. The van der Waals surface area contributed by atoms with E-state index in [1.54, 1.807) is 7.05 Å².